The van der Waals surface area contributed by atoms with Crippen LogP contribution < -0.4 is 10.5 Å². The number of ether oxygens (including phenoxy) is 2. The second-order valence-electron chi connectivity index (χ2n) is 4.31. The summed E-state index contributed by atoms with van der Waals surface area (Å²) in [6.45, 7) is 6.57. The molecule has 1 aromatic carbocycles. The van der Waals surface area contributed by atoms with Crippen LogP contribution in [0.3, 0.4) is 0 Å². The van der Waals surface area contributed by atoms with E-state index in [1.54, 1.807) is 0 Å². The molecule has 1 aromatic rings. The molecule has 4 nitrogen and oxygen atoms in total. The Morgan fingerprint density at radius 3 is 2.56 bits per heavy atom. The fraction of sp³-hybridized carbons (Fsp3) is 0.500. The summed E-state index contributed by atoms with van der Waals surface area (Å²) >= 11 is 0. The average molecular weight is 251 g/mol. The van der Waals surface area contributed by atoms with Crippen LogP contribution in [-0.2, 0) is 16.0 Å². The predicted molar refractivity (Wildman–Crippen MR) is 70.8 cm³/mol. The third-order valence-electron chi connectivity index (χ3n) is 2.88. The molecule has 0 heterocycles. The summed E-state index contributed by atoms with van der Waals surface area (Å²) in [6.07, 6.45) is 0.478. The average Bonchev–Trinajstić information content (AvgIpc) is 2.34. The van der Waals surface area contributed by atoms with E-state index in [1.807, 2.05) is 32.9 Å². The molecule has 1 rings (SSSR count). The maximum atomic E-state index is 11.3. The minimum Gasteiger partial charge on any atom is -0.494 e. The summed E-state index contributed by atoms with van der Waals surface area (Å²) in [5.41, 5.74) is 8.94. The first-order chi connectivity index (χ1) is 8.49. The first-order valence-corrected chi connectivity index (χ1v) is 6.05. The molecule has 0 aromatic heterocycles. The SMILES string of the molecule is CCOc1cc(C)c(CC(N)C(=O)OC)cc1C. The zero-order valence-corrected chi connectivity index (χ0v) is 11.4. The van der Waals surface area contributed by atoms with Crippen LogP contribution in [-0.4, -0.2) is 25.7 Å². The summed E-state index contributed by atoms with van der Waals surface area (Å²) in [4.78, 5) is 11.3. The molecule has 0 aliphatic carbocycles. The van der Waals surface area contributed by atoms with Crippen LogP contribution in [0.2, 0.25) is 0 Å². The summed E-state index contributed by atoms with van der Waals surface area (Å²) < 4.78 is 10.2. The number of esters is 1. The topological polar surface area (TPSA) is 61.5 Å². The Labute approximate surface area is 108 Å². The second kappa shape index (κ2) is 6.40. The Hall–Kier alpha value is -1.55. The number of rotatable bonds is 5. The third-order valence-corrected chi connectivity index (χ3v) is 2.88. The molecule has 4 heteroatoms. The lowest BCUT2D eigenvalue weighted by Gasteiger charge is -2.15. The number of hydrogen-bond acceptors (Lipinski definition) is 4. The molecule has 0 radical (unpaired) electrons. The molecule has 0 aliphatic heterocycles. The van der Waals surface area contributed by atoms with E-state index in [0.717, 1.165) is 22.4 Å². The van der Waals surface area contributed by atoms with Gasteiger partial charge in [-0.15, -0.1) is 0 Å². The number of aryl methyl sites for hydroxylation is 2. The number of carbonyl (C=O) groups excluding carboxylic acids is 1. The highest BCUT2D eigenvalue weighted by molar-refractivity contribution is 5.75. The zero-order valence-electron chi connectivity index (χ0n) is 11.4. The third kappa shape index (κ3) is 3.47. The van der Waals surface area contributed by atoms with Gasteiger partial charge in [-0.25, -0.2) is 0 Å². The molecular weight excluding hydrogens is 230 g/mol. The molecule has 0 saturated heterocycles. The van der Waals surface area contributed by atoms with Crippen LogP contribution in [0.4, 0.5) is 0 Å². The van der Waals surface area contributed by atoms with E-state index in [2.05, 4.69) is 4.74 Å². The van der Waals surface area contributed by atoms with Crippen LogP contribution in [0.1, 0.15) is 23.6 Å². The lowest BCUT2D eigenvalue weighted by Crippen LogP contribution is -2.33. The molecule has 0 saturated carbocycles. The van der Waals surface area contributed by atoms with Gasteiger partial charge in [0.15, 0.2) is 0 Å². The number of benzene rings is 1. The molecule has 0 spiro atoms. The smallest absolute Gasteiger partial charge is 0.322 e. The molecular formula is C14H21NO3. The largest absolute Gasteiger partial charge is 0.494 e. The van der Waals surface area contributed by atoms with Gasteiger partial charge < -0.3 is 15.2 Å². The summed E-state index contributed by atoms with van der Waals surface area (Å²) in [5.74, 6) is 0.492. The Kier molecular flexibility index (Phi) is 5.16. The molecule has 0 fully saturated rings. The van der Waals surface area contributed by atoms with E-state index in [9.17, 15) is 4.79 Å². The van der Waals surface area contributed by atoms with Gasteiger partial charge in [0.2, 0.25) is 0 Å². The van der Waals surface area contributed by atoms with Gasteiger partial charge >= 0.3 is 5.97 Å². The lowest BCUT2D eigenvalue weighted by atomic mass is 9.98. The van der Waals surface area contributed by atoms with Crippen LogP contribution in [0.15, 0.2) is 12.1 Å². The molecule has 0 bridgehead atoms. The maximum absolute atomic E-state index is 11.3. The Bertz CT molecular complexity index is 429. The highest BCUT2D eigenvalue weighted by Gasteiger charge is 2.16. The summed E-state index contributed by atoms with van der Waals surface area (Å²) in [7, 11) is 1.35. The number of carbonyl (C=O) groups is 1. The molecule has 0 aliphatic rings. The van der Waals surface area contributed by atoms with Crippen LogP contribution in [0.5, 0.6) is 5.75 Å². The van der Waals surface area contributed by atoms with E-state index in [1.165, 1.54) is 7.11 Å². The molecule has 1 atom stereocenters. The molecule has 2 N–H and O–H groups in total. The van der Waals surface area contributed by atoms with E-state index in [-0.39, 0.29) is 5.97 Å². The normalized spacial score (nSPS) is 12.1. The fourth-order valence-electron chi connectivity index (χ4n) is 1.85. The Morgan fingerprint density at radius 2 is 2.00 bits per heavy atom. The number of hydrogen-bond donors (Lipinski definition) is 1. The van der Waals surface area contributed by atoms with Crippen molar-refractivity contribution in [1.82, 2.24) is 0 Å². The Morgan fingerprint density at radius 1 is 1.33 bits per heavy atom. The highest BCUT2D eigenvalue weighted by Crippen LogP contribution is 2.23. The minimum atomic E-state index is -0.619. The highest BCUT2D eigenvalue weighted by atomic mass is 16.5. The van der Waals surface area contributed by atoms with Crippen LogP contribution in [0, 0.1) is 13.8 Å². The quantitative estimate of drug-likeness (QED) is 0.810. The zero-order chi connectivity index (χ0) is 13.7. The van der Waals surface area contributed by atoms with Gasteiger partial charge in [0, 0.05) is 0 Å². The minimum absolute atomic E-state index is 0.388. The van der Waals surface area contributed by atoms with Crippen molar-refractivity contribution in [2.24, 2.45) is 5.73 Å². The van der Waals surface area contributed by atoms with Gasteiger partial charge in [-0.3, -0.25) is 4.79 Å². The van der Waals surface area contributed by atoms with Gasteiger partial charge in [-0.2, -0.15) is 0 Å². The van der Waals surface area contributed by atoms with Crippen molar-refractivity contribution in [2.45, 2.75) is 33.2 Å². The molecule has 18 heavy (non-hydrogen) atoms. The molecule has 0 amide bonds. The second-order valence-corrected chi connectivity index (χ2v) is 4.31. The van der Waals surface area contributed by atoms with E-state index in [0.29, 0.717) is 13.0 Å². The van der Waals surface area contributed by atoms with E-state index in [4.69, 9.17) is 10.5 Å². The van der Waals surface area contributed by atoms with Crippen molar-refractivity contribution < 1.29 is 14.3 Å². The monoisotopic (exact) mass is 251 g/mol. The van der Waals surface area contributed by atoms with Crippen molar-refractivity contribution in [3.05, 3.63) is 28.8 Å². The van der Waals surface area contributed by atoms with Crippen LogP contribution in [0.25, 0.3) is 0 Å². The van der Waals surface area contributed by atoms with Crippen molar-refractivity contribution in [2.75, 3.05) is 13.7 Å². The van der Waals surface area contributed by atoms with Gasteiger partial charge in [0.05, 0.1) is 13.7 Å². The first kappa shape index (κ1) is 14.5. The van der Waals surface area contributed by atoms with Crippen molar-refractivity contribution in [3.63, 3.8) is 0 Å². The first-order valence-electron chi connectivity index (χ1n) is 6.05. The van der Waals surface area contributed by atoms with Crippen LogP contribution >= 0.6 is 0 Å². The van der Waals surface area contributed by atoms with Crippen molar-refractivity contribution in [3.8, 4) is 5.75 Å². The summed E-state index contributed by atoms with van der Waals surface area (Å²) in [6, 6.07) is 3.38. The maximum Gasteiger partial charge on any atom is 0.322 e. The van der Waals surface area contributed by atoms with Gasteiger partial charge in [-0.1, -0.05) is 6.07 Å². The van der Waals surface area contributed by atoms with Crippen molar-refractivity contribution in [1.29, 1.82) is 0 Å². The fourth-order valence-corrected chi connectivity index (χ4v) is 1.85. The summed E-state index contributed by atoms with van der Waals surface area (Å²) in [5, 5.41) is 0. The lowest BCUT2D eigenvalue weighted by molar-refractivity contribution is -0.142. The van der Waals surface area contributed by atoms with Gasteiger partial charge in [0.1, 0.15) is 11.8 Å². The predicted octanol–water partition coefficient (Wildman–Crippen LogP) is 1.74. The number of nitrogens with two attached hydrogens (primary N) is 1. The van der Waals surface area contributed by atoms with Crippen molar-refractivity contribution >= 4 is 5.97 Å². The van der Waals surface area contributed by atoms with E-state index >= 15 is 0 Å². The van der Waals surface area contributed by atoms with E-state index < -0.39 is 6.04 Å². The van der Waals surface area contributed by atoms with Gasteiger partial charge in [0.25, 0.3) is 0 Å². The standard InChI is InChI=1S/C14H21NO3/c1-5-18-13-7-9(2)11(6-10(13)3)8-12(15)14(16)17-4/h6-7,12H,5,8,15H2,1-4H3. The Balaban J connectivity index is 2.91. The molecule has 1 unspecified atom stereocenters. The number of methoxy groups -OCH3 is 1. The van der Waals surface area contributed by atoms with Gasteiger partial charge in [-0.05, 0) is 49.9 Å². The molecule has 100 valence electrons.